The van der Waals surface area contributed by atoms with Gasteiger partial charge in [0.2, 0.25) is 10.0 Å². The number of rotatable bonds is 8. The normalized spacial score (nSPS) is 15.8. The van der Waals surface area contributed by atoms with Crippen LogP contribution in [0.1, 0.15) is 60.5 Å². The molecule has 1 fully saturated rings. The molecule has 0 radical (unpaired) electrons. The number of nitrogens with one attached hydrogen (secondary N) is 1. The van der Waals surface area contributed by atoms with Crippen molar-refractivity contribution in [2.75, 3.05) is 14.2 Å². The fraction of sp³-hybridized carbons (Fsp3) is 0.417. The molecule has 2 aromatic rings. The third-order valence-corrected chi connectivity index (χ3v) is 7.98. The Morgan fingerprint density at radius 1 is 1.06 bits per heavy atom. The molecule has 1 unspecified atom stereocenters. The molecule has 1 atom stereocenters. The van der Waals surface area contributed by atoms with Gasteiger partial charge in [-0.2, -0.15) is 4.31 Å². The van der Waals surface area contributed by atoms with Gasteiger partial charge < -0.3 is 10.1 Å². The van der Waals surface area contributed by atoms with Crippen LogP contribution in [-0.4, -0.2) is 44.8 Å². The predicted octanol–water partition coefficient (Wildman–Crippen LogP) is 3.81. The highest BCUT2D eigenvalue weighted by Gasteiger charge is 2.29. The minimum absolute atomic E-state index is 0.0125. The van der Waals surface area contributed by atoms with E-state index in [4.69, 9.17) is 4.74 Å². The lowest BCUT2D eigenvalue weighted by atomic mass is 9.96. The van der Waals surface area contributed by atoms with Crippen LogP contribution in [0.5, 0.6) is 0 Å². The number of hydrogen-bond acceptors (Lipinski definition) is 5. The van der Waals surface area contributed by atoms with E-state index >= 15 is 0 Å². The summed E-state index contributed by atoms with van der Waals surface area (Å²) < 4.78 is 45.4. The average Bonchev–Trinajstić information content (AvgIpc) is 2.84. The Bertz CT molecular complexity index is 1070. The summed E-state index contributed by atoms with van der Waals surface area (Å²) in [7, 11) is -0.817. The van der Waals surface area contributed by atoms with Crippen LogP contribution < -0.4 is 5.32 Å². The maximum atomic E-state index is 13.3. The van der Waals surface area contributed by atoms with Crippen molar-refractivity contribution in [3.63, 3.8) is 0 Å². The van der Waals surface area contributed by atoms with Crippen molar-refractivity contribution in [3.05, 3.63) is 65.5 Å². The van der Waals surface area contributed by atoms with E-state index in [0.29, 0.717) is 5.56 Å². The molecule has 3 rings (SSSR count). The highest BCUT2D eigenvalue weighted by molar-refractivity contribution is 7.89. The van der Waals surface area contributed by atoms with E-state index in [2.05, 4.69) is 5.32 Å². The number of halogens is 1. The van der Waals surface area contributed by atoms with Crippen LogP contribution in [0.25, 0.3) is 0 Å². The summed E-state index contributed by atoms with van der Waals surface area (Å²) in [4.78, 5) is 24.7. The Labute approximate surface area is 194 Å². The fourth-order valence-electron chi connectivity index (χ4n) is 4.02. The lowest BCUT2D eigenvalue weighted by Gasteiger charge is -2.30. The predicted molar refractivity (Wildman–Crippen MR) is 122 cm³/mol. The van der Waals surface area contributed by atoms with E-state index in [9.17, 15) is 22.4 Å². The summed E-state index contributed by atoms with van der Waals surface area (Å²) in [5, 5.41) is 2.74. The molecule has 7 nitrogen and oxygen atoms in total. The first kappa shape index (κ1) is 24.9. The van der Waals surface area contributed by atoms with Gasteiger partial charge in [0.15, 0.2) is 0 Å². The minimum Gasteiger partial charge on any atom is -0.469 e. The summed E-state index contributed by atoms with van der Waals surface area (Å²) in [6.07, 6.45) is 4.73. The van der Waals surface area contributed by atoms with Crippen LogP contribution in [0.4, 0.5) is 4.39 Å². The van der Waals surface area contributed by atoms with Crippen LogP contribution in [-0.2, 0) is 19.6 Å². The van der Waals surface area contributed by atoms with Crippen LogP contribution in [0.15, 0.2) is 53.4 Å². The quantitative estimate of drug-likeness (QED) is 0.585. The Morgan fingerprint density at radius 3 is 2.24 bits per heavy atom. The first-order chi connectivity index (χ1) is 15.7. The van der Waals surface area contributed by atoms with Gasteiger partial charge in [-0.25, -0.2) is 12.8 Å². The van der Waals surface area contributed by atoms with Crippen LogP contribution >= 0.6 is 0 Å². The van der Waals surface area contributed by atoms with Gasteiger partial charge >= 0.3 is 5.97 Å². The summed E-state index contributed by atoms with van der Waals surface area (Å²) in [6, 6.07) is 10.4. The zero-order chi connectivity index (χ0) is 24.0. The number of carbonyl (C=O) groups is 2. The van der Waals surface area contributed by atoms with Gasteiger partial charge in [0, 0.05) is 18.7 Å². The first-order valence-electron chi connectivity index (χ1n) is 10.9. The van der Waals surface area contributed by atoms with Crippen LogP contribution in [0.2, 0.25) is 0 Å². The minimum atomic E-state index is -3.67. The van der Waals surface area contributed by atoms with E-state index < -0.39 is 33.8 Å². The van der Waals surface area contributed by atoms with E-state index in [1.807, 2.05) is 0 Å². The lowest BCUT2D eigenvalue weighted by molar-refractivity contribution is -0.141. The second kappa shape index (κ2) is 10.9. The van der Waals surface area contributed by atoms with Gasteiger partial charge in [-0.1, -0.05) is 31.4 Å². The van der Waals surface area contributed by atoms with Gasteiger partial charge in [0.25, 0.3) is 5.91 Å². The first-order valence-corrected chi connectivity index (χ1v) is 12.4. The van der Waals surface area contributed by atoms with Crippen molar-refractivity contribution >= 4 is 21.9 Å². The molecule has 1 aliphatic carbocycles. The largest absolute Gasteiger partial charge is 0.469 e. The number of hydrogen-bond donors (Lipinski definition) is 1. The topological polar surface area (TPSA) is 92.8 Å². The Morgan fingerprint density at radius 2 is 1.67 bits per heavy atom. The molecule has 1 amide bonds. The van der Waals surface area contributed by atoms with E-state index in [-0.39, 0.29) is 22.9 Å². The number of carbonyl (C=O) groups excluding carboxylic acids is 2. The number of methoxy groups -OCH3 is 1. The second-order valence-corrected chi connectivity index (χ2v) is 10.2. The summed E-state index contributed by atoms with van der Waals surface area (Å²) in [5.74, 6) is -1.45. The number of ether oxygens (including phenoxy) is 1. The number of amides is 1. The second-order valence-electron chi connectivity index (χ2n) is 8.20. The highest BCUT2D eigenvalue weighted by Crippen LogP contribution is 2.27. The Kier molecular flexibility index (Phi) is 8.20. The zero-order valence-corrected chi connectivity index (χ0v) is 19.6. The SMILES string of the molecule is COC(=O)CC(NC(=O)c1ccc(S(=O)(=O)N(C)C2CCCCC2)cc1)c1ccc(F)cc1. The van der Waals surface area contributed by atoms with Crippen molar-refractivity contribution in [3.8, 4) is 0 Å². The maximum Gasteiger partial charge on any atom is 0.307 e. The molecule has 178 valence electrons. The van der Waals surface area contributed by atoms with Crippen LogP contribution in [0, 0.1) is 5.82 Å². The lowest BCUT2D eigenvalue weighted by Crippen LogP contribution is -2.38. The van der Waals surface area contributed by atoms with Gasteiger partial charge in [0.1, 0.15) is 5.82 Å². The van der Waals surface area contributed by atoms with Crippen molar-refractivity contribution < 1.29 is 27.1 Å². The molecule has 1 N–H and O–H groups in total. The Hall–Kier alpha value is -2.78. The molecule has 0 saturated heterocycles. The molecule has 0 spiro atoms. The van der Waals surface area contributed by atoms with Crippen molar-refractivity contribution in [1.82, 2.24) is 9.62 Å². The Balaban J connectivity index is 1.75. The standard InChI is InChI=1S/C24H29FN2O5S/c1-27(20-6-4-3-5-7-20)33(30,31)21-14-10-18(11-15-21)24(29)26-22(16-23(28)32-2)17-8-12-19(25)13-9-17/h8-15,20,22H,3-7,16H2,1-2H3,(H,26,29). The van der Waals surface area contributed by atoms with Gasteiger partial charge in [0.05, 0.1) is 24.5 Å². The third kappa shape index (κ3) is 6.17. The van der Waals surface area contributed by atoms with Crippen molar-refractivity contribution in [2.24, 2.45) is 0 Å². The number of benzene rings is 2. The van der Waals surface area contributed by atoms with E-state index in [0.717, 1.165) is 32.1 Å². The molecule has 1 aliphatic rings. The van der Waals surface area contributed by atoms with Gasteiger partial charge in [-0.05, 0) is 54.8 Å². The molecule has 0 bridgehead atoms. The summed E-state index contributed by atoms with van der Waals surface area (Å²) >= 11 is 0. The number of nitrogens with zero attached hydrogens (tertiary/aromatic N) is 1. The van der Waals surface area contributed by atoms with Crippen molar-refractivity contribution in [2.45, 2.75) is 55.5 Å². The molecule has 33 heavy (non-hydrogen) atoms. The van der Waals surface area contributed by atoms with E-state index in [1.165, 1.54) is 59.9 Å². The molecular weight excluding hydrogens is 447 g/mol. The zero-order valence-electron chi connectivity index (χ0n) is 18.8. The average molecular weight is 477 g/mol. The van der Waals surface area contributed by atoms with Gasteiger partial charge in [-0.15, -0.1) is 0 Å². The summed E-state index contributed by atoms with van der Waals surface area (Å²) in [5.41, 5.74) is 0.787. The molecule has 1 saturated carbocycles. The van der Waals surface area contributed by atoms with E-state index in [1.54, 1.807) is 7.05 Å². The fourth-order valence-corrected chi connectivity index (χ4v) is 5.44. The molecule has 0 aromatic heterocycles. The molecule has 0 heterocycles. The smallest absolute Gasteiger partial charge is 0.307 e. The van der Waals surface area contributed by atoms with Crippen LogP contribution in [0.3, 0.4) is 0 Å². The highest BCUT2D eigenvalue weighted by atomic mass is 32.2. The molecule has 2 aromatic carbocycles. The number of sulfonamides is 1. The summed E-state index contributed by atoms with van der Waals surface area (Å²) in [6.45, 7) is 0. The monoisotopic (exact) mass is 476 g/mol. The molecule has 0 aliphatic heterocycles. The maximum absolute atomic E-state index is 13.3. The van der Waals surface area contributed by atoms with Gasteiger partial charge in [-0.3, -0.25) is 9.59 Å². The number of esters is 1. The third-order valence-electron chi connectivity index (χ3n) is 6.06. The van der Waals surface area contributed by atoms with Crippen molar-refractivity contribution in [1.29, 1.82) is 0 Å². The molecular formula is C24H29FN2O5S. The molecule has 9 heteroatoms.